The third-order valence-electron chi connectivity index (χ3n) is 7.30. The Morgan fingerprint density at radius 1 is 0.707 bits per heavy atom. The van der Waals surface area contributed by atoms with Gasteiger partial charge in [-0.1, -0.05) is 0 Å². The van der Waals surface area contributed by atoms with Gasteiger partial charge >= 0.3 is 0 Å². The van der Waals surface area contributed by atoms with E-state index in [0.29, 0.717) is 0 Å². The number of phenolic OH excluding ortho intramolecular Hbond substituents is 3. The number of phenols is 3. The van der Waals surface area contributed by atoms with Gasteiger partial charge in [-0.15, -0.1) is 0 Å². The zero-order valence-electron chi connectivity index (χ0n) is 20.9. The highest BCUT2D eigenvalue weighted by Crippen LogP contribution is 2.45. The highest BCUT2D eigenvalue weighted by atomic mass is 16.7. The lowest BCUT2D eigenvalue weighted by molar-refractivity contribution is -0.277. The van der Waals surface area contributed by atoms with Crippen LogP contribution in [0.2, 0.25) is 0 Å². The molecular weight excluding hydrogens is 556 g/mol. The fourth-order valence-corrected chi connectivity index (χ4v) is 5.02. The Bertz CT molecular complexity index is 1500. The molecule has 10 atom stereocenters. The topological polar surface area (TPSA) is 280 Å². The van der Waals surface area contributed by atoms with Gasteiger partial charge in [-0.25, -0.2) is 0 Å². The molecule has 2 aromatic carbocycles. The van der Waals surface area contributed by atoms with Crippen LogP contribution < -0.4 is 10.2 Å². The quantitative estimate of drug-likeness (QED) is 0.131. The van der Waals surface area contributed by atoms with Crippen LogP contribution >= 0.6 is 0 Å². The number of aliphatic hydroxyl groups is 8. The van der Waals surface area contributed by atoms with E-state index in [0.717, 1.165) is 18.2 Å². The summed E-state index contributed by atoms with van der Waals surface area (Å²) in [5, 5.41) is 111. The molecule has 1 unspecified atom stereocenters. The van der Waals surface area contributed by atoms with Crippen LogP contribution in [-0.2, 0) is 9.47 Å². The van der Waals surface area contributed by atoms with Crippen molar-refractivity contribution in [3.05, 3.63) is 34.0 Å². The van der Waals surface area contributed by atoms with Crippen molar-refractivity contribution in [3.8, 4) is 23.0 Å². The third-order valence-corrected chi connectivity index (χ3v) is 7.30. The molecule has 41 heavy (non-hydrogen) atoms. The van der Waals surface area contributed by atoms with Gasteiger partial charge in [0.05, 0.1) is 24.2 Å². The van der Waals surface area contributed by atoms with Gasteiger partial charge in [0.2, 0.25) is 11.7 Å². The number of hydrogen-bond acceptors (Lipinski definition) is 16. The molecular formula is C25H28O16. The molecule has 0 amide bonds. The molecule has 11 N–H and O–H groups in total. The lowest BCUT2D eigenvalue weighted by Crippen LogP contribution is -2.60. The van der Waals surface area contributed by atoms with Crippen molar-refractivity contribution in [2.75, 3.05) is 13.2 Å². The number of benzene rings is 2. The fraction of sp³-hybridized carbons (Fsp3) is 0.480. The lowest BCUT2D eigenvalue weighted by atomic mass is 9.89. The molecule has 2 saturated heterocycles. The molecule has 5 rings (SSSR count). The lowest BCUT2D eigenvalue weighted by Gasteiger charge is -2.40. The van der Waals surface area contributed by atoms with Gasteiger partial charge < -0.3 is 74.8 Å². The number of rotatable bonds is 5. The molecule has 3 heterocycles. The minimum atomic E-state index is -1.90. The smallest absolute Gasteiger partial charge is 0.229 e. The number of ether oxygens (including phenoxy) is 3. The van der Waals surface area contributed by atoms with Crippen molar-refractivity contribution in [2.24, 2.45) is 0 Å². The standard InChI is InChI=1S/C25H28O16/c26-4-12-17(31)20(34)22(36)24(39-12)14-8(29)3-11-15(19(14)33)16(30)6-1-10(7(28)2-9(6)38-11)40-25-23(37)21(35)18(32)13(5-27)41-25/h1-3,12-13,17-18,20-29,31-37H,4-5H2/t12-,13-,17-,18-,20+,21+,22-,23-,24+,25?/m1/s1. The fourth-order valence-electron chi connectivity index (χ4n) is 5.02. The summed E-state index contributed by atoms with van der Waals surface area (Å²) >= 11 is 0. The summed E-state index contributed by atoms with van der Waals surface area (Å²) < 4.78 is 21.7. The van der Waals surface area contributed by atoms with E-state index >= 15 is 0 Å². The summed E-state index contributed by atoms with van der Waals surface area (Å²) in [4.78, 5) is 13.5. The van der Waals surface area contributed by atoms with E-state index in [2.05, 4.69) is 0 Å². The van der Waals surface area contributed by atoms with Crippen LogP contribution in [0.5, 0.6) is 23.0 Å². The Hall–Kier alpha value is -3.29. The van der Waals surface area contributed by atoms with Gasteiger partial charge in [0, 0.05) is 12.1 Å². The van der Waals surface area contributed by atoms with Gasteiger partial charge in [0.25, 0.3) is 0 Å². The maximum absolute atomic E-state index is 13.5. The van der Waals surface area contributed by atoms with Crippen molar-refractivity contribution in [1.82, 2.24) is 0 Å². The van der Waals surface area contributed by atoms with E-state index < -0.39 is 114 Å². The summed E-state index contributed by atoms with van der Waals surface area (Å²) in [6.45, 7) is -1.53. The second kappa shape index (κ2) is 10.8. The Balaban J connectivity index is 1.60. The van der Waals surface area contributed by atoms with Crippen LogP contribution in [0.3, 0.4) is 0 Å². The molecule has 0 saturated carbocycles. The predicted octanol–water partition coefficient (Wildman–Crippen LogP) is -3.24. The normalized spacial score (nSPS) is 34.2. The van der Waals surface area contributed by atoms with E-state index in [4.69, 9.17) is 18.6 Å². The summed E-state index contributed by atoms with van der Waals surface area (Å²) in [7, 11) is 0. The minimum absolute atomic E-state index is 0.236. The summed E-state index contributed by atoms with van der Waals surface area (Å²) in [5.41, 5.74) is -2.06. The molecule has 16 heteroatoms. The average molecular weight is 584 g/mol. The zero-order chi connectivity index (χ0) is 29.9. The third kappa shape index (κ3) is 4.73. The Morgan fingerprint density at radius 2 is 1.29 bits per heavy atom. The van der Waals surface area contributed by atoms with Gasteiger partial charge in [-0.2, -0.15) is 0 Å². The van der Waals surface area contributed by atoms with E-state index in [1.807, 2.05) is 0 Å². The molecule has 16 nitrogen and oxygen atoms in total. The van der Waals surface area contributed by atoms with E-state index in [1.165, 1.54) is 0 Å². The molecule has 0 radical (unpaired) electrons. The number of aliphatic hydroxyl groups excluding tert-OH is 8. The van der Waals surface area contributed by atoms with Crippen molar-refractivity contribution in [3.63, 3.8) is 0 Å². The number of fused-ring (bicyclic) bond motifs is 2. The molecule has 0 aliphatic carbocycles. The second-order valence-electron chi connectivity index (χ2n) is 9.84. The molecule has 2 fully saturated rings. The Kier molecular flexibility index (Phi) is 7.72. The molecule has 1 aromatic heterocycles. The Labute approximate surface area is 228 Å². The van der Waals surface area contributed by atoms with Gasteiger partial charge in [0.1, 0.15) is 83.0 Å². The minimum Gasteiger partial charge on any atom is -0.507 e. The van der Waals surface area contributed by atoms with Crippen molar-refractivity contribution in [1.29, 1.82) is 0 Å². The Morgan fingerprint density at radius 3 is 1.93 bits per heavy atom. The van der Waals surface area contributed by atoms with Crippen LogP contribution in [0, 0.1) is 0 Å². The molecule has 3 aromatic rings. The van der Waals surface area contributed by atoms with E-state index in [1.54, 1.807) is 0 Å². The van der Waals surface area contributed by atoms with Crippen LogP contribution in [0.15, 0.2) is 27.4 Å². The molecule has 0 spiro atoms. The predicted molar refractivity (Wildman–Crippen MR) is 132 cm³/mol. The first-order valence-corrected chi connectivity index (χ1v) is 12.4. The van der Waals surface area contributed by atoms with Gasteiger partial charge in [-0.3, -0.25) is 4.79 Å². The van der Waals surface area contributed by atoms with Gasteiger partial charge in [0.15, 0.2) is 11.5 Å². The largest absolute Gasteiger partial charge is 0.507 e. The van der Waals surface area contributed by atoms with E-state index in [9.17, 15) is 61.0 Å². The summed E-state index contributed by atoms with van der Waals surface area (Å²) in [5.74, 6) is -2.72. The average Bonchev–Trinajstić information content (AvgIpc) is 2.93. The number of hydrogen-bond donors (Lipinski definition) is 11. The summed E-state index contributed by atoms with van der Waals surface area (Å²) in [6, 6.07) is 2.84. The van der Waals surface area contributed by atoms with Crippen molar-refractivity contribution in [2.45, 2.75) is 61.2 Å². The molecule has 2 aliphatic heterocycles. The maximum Gasteiger partial charge on any atom is 0.229 e. The van der Waals surface area contributed by atoms with Crippen LogP contribution in [0.25, 0.3) is 21.9 Å². The van der Waals surface area contributed by atoms with Crippen molar-refractivity contribution >= 4 is 21.9 Å². The van der Waals surface area contributed by atoms with Crippen molar-refractivity contribution < 1.29 is 74.8 Å². The second-order valence-corrected chi connectivity index (χ2v) is 9.84. The highest BCUT2D eigenvalue weighted by Gasteiger charge is 2.47. The molecule has 224 valence electrons. The molecule has 0 bridgehead atoms. The van der Waals surface area contributed by atoms with Crippen LogP contribution in [-0.4, -0.2) is 125 Å². The molecule has 2 aliphatic rings. The summed E-state index contributed by atoms with van der Waals surface area (Å²) in [6.07, 6.45) is -16.9. The van der Waals surface area contributed by atoms with Gasteiger partial charge in [-0.05, 0) is 6.07 Å². The number of aromatic hydroxyl groups is 3. The highest BCUT2D eigenvalue weighted by molar-refractivity contribution is 5.96. The first-order valence-electron chi connectivity index (χ1n) is 12.4. The first kappa shape index (κ1) is 29.2. The van der Waals surface area contributed by atoms with Crippen LogP contribution in [0.4, 0.5) is 0 Å². The first-order chi connectivity index (χ1) is 19.4. The monoisotopic (exact) mass is 584 g/mol. The maximum atomic E-state index is 13.5. The SMILES string of the molecule is O=c1c2cc(OC3O[C@H](CO)[C@@H](O)[C@H](O)[C@H]3O)c(O)cc2oc2cc(O)c([C@@H]3O[C@H](CO)[C@@H](O)[C@H](O)[C@H]3O)c(O)c12. The van der Waals surface area contributed by atoms with E-state index in [-0.39, 0.29) is 16.6 Å². The zero-order valence-corrected chi connectivity index (χ0v) is 20.9. The van der Waals surface area contributed by atoms with Crippen LogP contribution in [0.1, 0.15) is 11.7 Å².